The number of hydrogen-bond acceptors (Lipinski definition) is 6. The summed E-state index contributed by atoms with van der Waals surface area (Å²) in [4.78, 5) is 12.3. The lowest BCUT2D eigenvalue weighted by atomic mass is 9.99. The van der Waals surface area contributed by atoms with E-state index in [1.54, 1.807) is 14.0 Å². The molecule has 0 unspecified atom stereocenters. The van der Waals surface area contributed by atoms with Crippen LogP contribution in [0.3, 0.4) is 0 Å². The molecule has 1 fully saturated rings. The number of ether oxygens (including phenoxy) is 2. The summed E-state index contributed by atoms with van der Waals surface area (Å²) in [5.41, 5.74) is 6.32. The molecule has 1 aromatic rings. The van der Waals surface area contributed by atoms with Crippen LogP contribution in [-0.2, 0) is 4.74 Å². The molecular weight excluding hydrogens is 276 g/mol. The molecule has 0 atom stereocenters. The van der Waals surface area contributed by atoms with Crippen LogP contribution in [0.15, 0.2) is 0 Å². The number of anilines is 2. The third-order valence-electron chi connectivity index (χ3n) is 3.60. The van der Waals surface area contributed by atoms with Crippen molar-refractivity contribution in [3.63, 3.8) is 0 Å². The fraction of sp³-hybridized carbons (Fsp3) is 0.643. The average molecular weight is 298 g/mol. The predicted octanol–water partition coefficient (Wildman–Crippen LogP) is 3.12. The molecule has 0 amide bonds. The number of carbonyl (C=O) groups is 1. The summed E-state index contributed by atoms with van der Waals surface area (Å²) in [7, 11) is 1.56. The molecule has 6 heteroatoms. The number of nitrogens with two attached hydrogens (primary N) is 1. The molecule has 1 saturated carbocycles. The van der Waals surface area contributed by atoms with Crippen molar-refractivity contribution >= 4 is 28.0 Å². The van der Waals surface area contributed by atoms with Crippen LogP contribution in [0.2, 0.25) is 0 Å². The lowest BCUT2D eigenvalue weighted by molar-refractivity contribution is 0.0533. The Bertz CT molecular complexity index is 507. The van der Waals surface area contributed by atoms with Gasteiger partial charge in [-0.15, -0.1) is 11.3 Å². The fourth-order valence-corrected chi connectivity index (χ4v) is 3.41. The van der Waals surface area contributed by atoms with Crippen molar-refractivity contribution in [3.8, 4) is 5.75 Å². The number of carbonyl (C=O) groups excluding carboxylic acids is 1. The zero-order chi connectivity index (χ0) is 14.9. The fourth-order valence-electron chi connectivity index (χ4n) is 2.26. The van der Waals surface area contributed by atoms with Gasteiger partial charge in [0.2, 0.25) is 0 Å². The molecule has 0 saturated heterocycles. The van der Waals surface area contributed by atoms with Crippen molar-refractivity contribution < 1.29 is 14.3 Å². The second-order valence-electron chi connectivity index (χ2n) is 5.55. The Morgan fingerprint density at radius 1 is 1.50 bits per heavy atom. The molecule has 0 aromatic carbocycles. The summed E-state index contributed by atoms with van der Waals surface area (Å²) in [5.74, 6) is 0.791. The van der Waals surface area contributed by atoms with Crippen LogP contribution >= 0.6 is 11.3 Å². The van der Waals surface area contributed by atoms with E-state index in [-0.39, 0.29) is 5.54 Å². The maximum absolute atomic E-state index is 11.9. The Morgan fingerprint density at radius 2 is 2.15 bits per heavy atom. The Kier molecular flexibility index (Phi) is 4.13. The van der Waals surface area contributed by atoms with E-state index in [0.29, 0.717) is 28.8 Å². The van der Waals surface area contributed by atoms with Gasteiger partial charge >= 0.3 is 5.97 Å². The molecule has 0 spiro atoms. The molecular formula is C14H22N2O3S. The highest BCUT2D eigenvalue weighted by Gasteiger charge is 2.39. The molecule has 2 rings (SSSR count). The Hall–Kier alpha value is -1.43. The first-order chi connectivity index (χ1) is 9.40. The summed E-state index contributed by atoms with van der Waals surface area (Å²) in [6.07, 6.45) is 2.46. The van der Waals surface area contributed by atoms with Gasteiger partial charge in [0, 0.05) is 5.54 Å². The monoisotopic (exact) mass is 298 g/mol. The average Bonchev–Trinajstić information content (AvgIpc) is 3.17. The van der Waals surface area contributed by atoms with Crippen molar-refractivity contribution in [2.45, 2.75) is 39.2 Å². The van der Waals surface area contributed by atoms with Gasteiger partial charge in [-0.2, -0.15) is 0 Å². The molecule has 1 aliphatic carbocycles. The molecule has 0 bridgehead atoms. The maximum Gasteiger partial charge on any atom is 0.350 e. The van der Waals surface area contributed by atoms with Gasteiger partial charge in [0.1, 0.15) is 15.6 Å². The number of esters is 1. The van der Waals surface area contributed by atoms with Crippen molar-refractivity contribution in [1.82, 2.24) is 0 Å². The van der Waals surface area contributed by atoms with Crippen LogP contribution in [0, 0.1) is 5.92 Å². The van der Waals surface area contributed by atoms with Crippen LogP contribution in [-0.4, -0.2) is 25.2 Å². The number of hydrogen-bond donors (Lipinski definition) is 2. The Labute approximate surface area is 123 Å². The molecule has 1 heterocycles. The lowest BCUT2D eigenvalue weighted by Crippen LogP contribution is -2.32. The molecule has 1 aromatic heterocycles. The molecule has 0 aliphatic heterocycles. The normalized spacial score (nSPS) is 15.0. The standard InChI is InChI=1S/C14H22N2O3S/c1-5-19-13(17)11-9(15)10(18-4)12(20-11)16-14(2,3)8-6-7-8/h8,16H,5-7,15H2,1-4H3. The zero-order valence-electron chi connectivity index (χ0n) is 12.4. The lowest BCUT2D eigenvalue weighted by Gasteiger charge is -2.27. The second kappa shape index (κ2) is 5.52. The summed E-state index contributed by atoms with van der Waals surface area (Å²) in [6.45, 7) is 6.41. The van der Waals surface area contributed by atoms with E-state index in [1.807, 2.05) is 0 Å². The first-order valence-electron chi connectivity index (χ1n) is 6.82. The van der Waals surface area contributed by atoms with E-state index >= 15 is 0 Å². The van der Waals surface area contributed by atoms with Gasteiger partial charge < -0.3 is 20.5 Å². The van der Waals surface area contributed by atoms with Crippen molar-refractivity contribution in [2.75, 3.05) is 24.8 Å². The number of nitrogens with one attached hydrogen (secondary N) is 1. The first-order valence-corrected chi connectivity index (χ1v) is 7.63. The molecule has 112 valence electrons. The third-order valence-corrected chi connectivity index (χ3v) is 4.68. The minimum atomic E-state index is -0.398. The maximum atomic E-state index is 11.9. The van der Waals surface area contributed by atoms with E-state index in [1.165, 1.54) is 24.2 Å². The van der Waals surface area contributed by atoms with Crippen LogP contribution < -0.4 is 15.8 Å². The van der Waals surface area contributed by atoms with Gasteiger partial charge in [-0.25, -0.2) is 4.79 Å². The smallest absolute Gasteiger partial charge is 0.350 e. The predicted molar refractivity (Wildman–Crippen MR) is 81.7 cm³/mol. The van der Waals surface area contributed by atoms with E-state index in [9.17, 15) is 4.79 Å². The van der Waals surface area contributed by atoms with Crippen molar-refractivity contribution in [1.29, 1.82) is 0 Å². The summed E-state index contributed by atoms with van der Waals surface area (Å²) in [5, 5.41) is 4.26. The van der Waals surface area contributed by atoms with E-state index in [2.05, 4.69) is 19.2 Å². The number of rotatable bonds is 6. The Balaban J connectivity index is 2.28. The van der Waals surface area contributed by atoms with Crippen LogP contribution in [0.4, 0.5) is 10.7 Å². The van der Waals surface area contributed by atoms with Crippen LogP contribution in [0.1, 0.15) is 43.3 Å². The van der Waals surface area contributed by atoms with Gasteiger partial charge in [0.15, 0.2) is 5.75 Å². The van der Waals surface area contributed by atoms with Crippen molar-refractivity contribution in [3.05, 3.63) is 4.88 Å². The molecule has 20 heavy (non-hydrogen) atoms. The number of methoxy groups -OCH3 is 1. The first kappa shape index (κ1) is 15.0. The zero-order valence-corrected chi connectivity index (χ0v) is 13.2. The van der Waals surface area contributed by atoms with Gasteiger partial charge in [-0.1, -0.05) is 0 Å². The van der Waals surface area contributed by atoms with Gasteiger partial charge in [0.25, 0.3) is 0 Å². The summed E-state index contributed by atoms with van der Waals surface area (Å²) < 4.78 is 10.4. The topological polar surface area (TPSA) is 73.6 Å². The highest BCUT2D eigenvalue weighted by atomic mass is 32.1. The van der Waals surface area contributed by atoms with E-state index < -0.39 is 5.97 Å². The quantitative estimate of drug-likeness (QED) is 0.789. The highest BCUT2D eigenvalue weighted by molar-refractivity contribution is 7.19. The Morgan fingerprint density at radius 3 is 2.65 bits per heavy atom. The van der Waals surface area contributed by atoms with Crippen molar-refractivity contribution in [2.24, 2.45) is 5.92 Å². The minimum Gasteiger partial charge on any atom is -0.492 e. The largest absolute Gasteiger partial charge is 0.492 e. The highest BCUT2D eigenvalue weighted by Crippen LogP contribution is 2.47. The summed E-state index contributed by atoms with van der Waals surface area (Å²) in [6, 6.07) is 0. The van der Waals surface area contributed by atoms with Gasteiger partial charge in [-0.05, 0) is 39.5 Å². The van der Waals surface area contributed by atoms with Gasteiger partial charge in [-0.3, -0.25) is 0 Å². The molecule has 5 nitrogen and oxygen atoms in total. The van der Waals surface area contributed by atoms with Gasteiger partial charge in [0.05, 0.1) is 13.7 Å². The summed E-state index contributed by atoms with van der Waals surface area (Å²) >= 11 is 1.30. The van der Waals surface area contributed by atoms with E-state index in [0.717, 1.165) is 5.00 Å². The molecule has 3 N–H and O–H groups in total. The van der Waals surface area contributed by atoms with Crippen LogP contribution in [0.5, 0.6) is 5.75 Å². The molecule has 0 radical (unpaired) electrons. The minimum absolute atomic E-state index is 0.0312. The van der Waals surface area contributed by atoms with Crippen LogP contribution in [0.25, 0.3) is 0 Å². The second-order valence-corrected chi connectivity index (χ2v) is 6.57. The number of nitrogen functional groups attached to an aromatic ring is 1. The molecule has 1 aliphatic rings. The third kappa shape index (κ3) is 2.85. The SMILES string of the molecule is CCOC(=O)c1sc(NC(C)(C)C2CC2)c(OC)c1N. The van der Waals surface area contributed by atoms with E-state index in [4.69, 9.17) is 15.2 Å². The number of thiophene rings is 1.